The van der Waals surface area contributed by atoms with Gasteiger partial charge in [-0.25, -0.2) is 13.4 Å². The van der Waals surface area contributed by atoms with Crippen LogP contribution in [0.4, 0.5) is 13.2 Å². The lowest BCUT2D eigenvalue weighted by Gasteiger charge is -2.32. The molecule has 1 atom stereocenters. The van der Waals surface area contributed by atoms with Crippen molar-refractivity contribution in [1.82, 2.24) is 13.7 Å². The maximum absolute atomic E-state index is 12.7. The molecule has 0 spiro atoms. The van der Waals surface area contributed by atoms with Gasteiger partial charge in [0.1, 0.15) is 0 Å². The van der Waals surface area contributed by atoms with E-state index in [2.05, 4.69) is 9.72 Å². The lowest BCUT2D eigenvalue weighted by molar-refractivity contribution is -0.231. The molecule has 2 aromatic heterocycles. The topological polar surface area (TPSA) is 63.9 Å². The summed E-state index contributed by atoms with van der Waals surface area (Å²) < 4.78 is 70.0. The third-order valence-electron chi connectivity index (χ3n) is 3.16. The standard InChI is InChI=1S/C10H9ClF3N3O3S2/c11-7-8(17-2-4-21-9(17)15-7)22(18,19)16-1-3-20-6(5-16)10(12,13)14/h2,4,6H,1,3,5H2/t6-/m0/s1. The van der Waals surface area contributed by atoms with Gasteiger partial charge in [0.25, 0.3) is 10.0 Å². The van der Waals surface area contributed by atoms with E-state index in [-0.39, 0.29) is 23.3 Å². The summed E-state index contributed by atoms with van der Waals surface area (Å²) in [6.07, 6.45) is -5.33. The van der Waals surface area contributed by atoms with Gasteiger partial charge >= 0.3 is 6.18 Å². The van der Waals surface area contributed by atoms with E-state index in [9.17, 15) is 21.6 Å². The molecule has 122 valence electrons. The molecule has 1 saturated heterocycles. The molecule has 0 aromatic carbocycles. The average molecular weight is 376 g/mol. The van der Waals surface area contributed by atoms with Crippen LogP contribution < -0.4 is 0 Å². The minimum Gasteiger partial charge on any atom is -0.366 e. The van der Waals surface area contributed by atoms with Gasteiger partial charge in [0.15, 0.2) is 21.2 Å². The number of rotatable bonds is 2. The first-order chi connectivity index (χ1) is 10.2. The van der Waals surface area contributed by atoms with Crippen molar-refractivity contribution in [1.29, 1.82) is 0 Å². The lowest BCUT2D eigenvalue weighted by atomic mass is 10.3. The molecule has 0 radical (unpaired) electrons. The number of hydrogen-bond acceptors (Lipinski definition) is 5. The first-order valence-electron chi connectivity index (χ1n) is 6.01. The van der Waals surface area contributed by atoms with Gasteiger partial charge in [-0.2, -0.15) is 17.5 Å². The second-order valence-corrected chi connectivity index (χ2v) is 7.61. The van der Waals surface area contributed by atoms with E-state index >= 15 is 0 Å². The van der Waals surface area contributed by atoms with Crippen LogP contribution in [-0.4, -0.2) is 54.1 Å². The number of thiazole rings is 1. The third kappa shape index (κ3) is 2.60. The maximum atomic E-state index is 12.7. The number of fused-ring (bicyclic) bond motifs is 1. The molecular formula is C10H9ClF3N3O3S2. The summed E-state index contributed by atoms with van der Waals surface area (Å²) in [6, 6.07) is 0. The van der Waals surface area contributed by atoms with E-state index in [1.54, 1.807) is 5.38 Å². The Labute approximate surface area is 132 Å². The molecule has 3 heterocycles. The zero-order valence-electron chi connectivity index (χ0n) is 10.7. The van der Waals surface area contributed by atoms with Crippen LogP contribution in [0.3, 0.4) is 0 Å². The quantitative estimate of drug-likeness (QED) is 0.805. The van der Waals surface area contributed by atoms with E-state index in [4.69, 9.17) is 11.6 Å². The molecule has 0 unspecified atom stereocenters. The highest BCUT2D eigenvalue weighted by molar-refractivity contribution is 7.89. The van der Waals surface area contributed by atoms with Gasteiger partial charge in [-0.3, -0.25) is 4.40 Å². The Hall–Kier alpha value is -0.880. The van der Waals surface area contributed by atoms with Crippen LogP contribution in [0.2, 0.25) is 5.15 Å². The Morgan fingerprint density at radius 2 is 2.18 bits per heavy atom. The Bertz CT molecular complexity index is 801. The molecule has 0 saturated carbocycles. The highest BCUT2D eigenvalue weighted by atomic mass is 35.5. The number of halogens is 4. The smallest absolute Gasteiger partial charge is 0.366 e. The molecule has 2 aromatic rings. The van der Waals surface area contributed by atoms with Crippen molar-refractivity contribution < 1.29 is 26.3 Å². The Morgan fingerprint density at radius 3 is 2.86 bits per heavy atom. The first-order valence-corrected chi connectivity index (χ1v) is 8.70. The van der Waals surface area contributed by atoms with Crippen LogP contribution in [-0.2, 0) is 14.8 Å². The average Bonchev–Trinajstić information content (AvgIpc) is 2.97. The fourth-order valence-electron chi connectivity index (χ4n) is 2.13. The predicted octanol–water partition coefficient (Wildman–Crippen LogP) is 2.00. The number of aromatic nitrogens is 2. The summed E-state index contributed by atoms with van der Waals surface area (Å²) in [7, 11) is -4.21. The first kappa shape index (κ1) is 16.0. The Balaban J connectivity index is 1.99. The largest absolute Gasteiger partial charge is 0.415 e. The molecule has 0 amide bonds. The molecule has 0 aliphatic carbocycles. The number of morpholine rings is 1. The van der Waals surface area contributed by atoms with E-state index in [0.717, 1.165) is 4.31 Å². The maximum Gasteiger partial charge on any atom is 0.415 e. The van der Waals surface area contributed by atoms with E-state index < -0.39 is 28.8 Å². The highest BCUT2D eigenvalue weighted by Gasteiger charge is 2.46. The molecule has 1 aliphatic rings. The number of hydrogen-bond donors (Lipinski definition) is 0. The lowest BCUT2D eigenvalue weighted by Crippen LogP contribution is -2.51. The monoisotopic (exact) mass is 375 g/mol. The van der Waals surface area contributed by atoms with E-state index in [1.165, 1.54) is 21.9 Å². The molecule has 3 rings (SSSR count). The summed E-state index contributed by atoms with van der Waals surface area (Å²) in [5.41, 5.74) is 0. The second-order valence-electron chi connectivity index (χ2n) is 4.53. The van der Waals surface area contributed by atoms with Crippen molar-refractivity contribution >= 4 is 37.9 Å². The van der Waals surface area contributed by atoms with Crippen LogP contribution in [0.5, 0.6) is 0 Å². The number of alkyl halides is 3. The highest BCUT2D eigenvalue weighted by Crippen LogP contribution is 2.31. The van der Waals surface area contributed by atoms with Gasteiger partial charge in [0.2, 0.25) is 0 Å². The summed E-state index contributed by atoms with van der Waals surface area (Å²) in [6.45, 7) is -1.32. The van der Waals surface area contributed by atoms with Gasteiger partial charge in [-0.15, -0.1) is 11.3 Å². The van der Waals surface area contributed by atoms with Crippen molar-refractivity contribution in [3.63, 3.8) is 0 Å². The van der Waals surface area contributed by atoms with Gasteiger partial charge in [-0.1, -0.05) is 11.6 Å². The molecular weight excluding hydrogens is 367 g/mol. The van der Waals surface area contributed by atoms with Crippen LogP contribution in [0.1, 0.15) is 0 Å². The van der Waals surface area contributed by atoms with Crippen molar-refractivity contribution in [2.24, 2.45) is 0 Å². The van der Waals surface area contributed by atoms with Crippen molar-refractivity contribution in [3.05, 3.63) is 16.7 Å². The predicted molar refractivity (Wildman–Crippen MR) is 72.6 cm³/mol. The summed E-state index contributed by atoms with van der Waals surface area (Å²) >= 11 is 7.02. The molecule has 1 fully saturated rings. The van der Waals surface area contributed by atoms with Crippen LogP contribution in [0.15, 0.2) is 16.6 Å². The number of imidazole rings is 1. The molecule has 0 bridgehead atoms. The molecule has 6 nitrogen and oxygen atoms in total. The third-order valence-corrected chi connectivity index (χ3v) is 6.18. The van der Waals surface area contributed by atoms with Crippen LogP contribution in [0, 0.1) is 0 Å². The fourth-order valence-corrected chi connectivity index (χ4v) is 4.96. The normalized spacial score (nSPS) is 21.5. The molecule has 0 N–H and O–H groups in total. The van der Waals surface area contributed by atoms with Crippen LogP contribution >= 0.6 is 22.9 Å². The summed E-state index contributed by atoms with van der Waals surface area (Å²) in [5, 5.41) is 1.02. The molecule has 1 aliphatic heterocycles. The zero-order chi connectivity index (χ0) is 16.1. The SMILES string of the molecule is O=S(=O)(c1c(Cl)nc2sccn12)N1CCO[C@H](C(F)(F)F)C1. The van der Waals surface area contributed by atoms with Crippen LogP contribution in [0.25, 0.3) is 4.96 Å². The molecule has 12 heteroatoms. The van der Waals surface area contributed by atoms with E-state index in [0.29, 0.717) is 4.96 Å². The summed E-state index contributed by atoms with van der Waals surface area (Å²) in [4.78, 5) is 4.24. The van der Waals surface area contributed by atoms with Gasteiger partial charge in [0, 0.05) is 24.7 Å². The minimum absolute atomic E-state index is 0.178. The fraction of sp³-hybridized carbons (Fsp3) is 0.500. The number of ether oxygens (including phenoxy) is 1. The van der Waals surface area contributed by atoms with Crippen molar-refractivity contribution in [2.75, 3.05) is 19.7 Å². The summed E-state index contributed by atoms with van der Waals surface area (Å²) in [5.74, 6) is 0. The Morgan fingerprint density at radius 1 is 1.45 bits per heavy atom. The Kier molecular flexibility index (Phi) is 3.88. The van der Waals surface area contributed by atoms with Crippen molar-refractivity contribution in [2.45, 2.75) is 17.3 Å². The number of sulfonamides is 1. The van der Waals surface area contributed by atoms with Crippen molar-refractivity contribution in [3.8, 4) is 0 Å². The minimum atomic E-state index is -4.63. The molecule has 22 heavy (non-hydrogen) atoms. The second kappa shape index (κ2) is 5.34. The van der Waals surface area contributed by atoms with Gasteiger partial charge < -0.3 is 4.74 Å². The van der Waals surface area contributed by atoms with Gasteiger partial charge in [-0.05, 0) is 0 Å². The van der Waals surface area contributed by atoms with Gasteiger partial charge in [0.05, 0.1) is 6.61 Å². The zero-order valence-corrected chi connectivity index (χ0v) is 13.1. The van der Waals surface area contributed by atoms with E-state index in [1.807, 2.05) is 0 Å². The number of nitrogens with zero attached hydrogens (tertiary/aromatic N) is 3.